The van der Waals surface area contributed by atoms with Crippen molar-refractivity contribution in [1.82, 2.24) is 5.43 Å². The predicted octanol–water partition coefficient (Wildman–Crippen LogP) is 2.19. The van der Waals surface area contributed by atoms with Gasteiger partial charge in [0.05, 0.1) is 24.9 Å². The summed E-state index contributed by atoms with van der Waals surface area (Å²) in [4.78, 5) is 0. The first kappa shape index (κ1) is 13.9. The highest BCUT2D eigenvalue weighted by molar-refractivity contribution is 5.41. The summed E-state index contributed by atoms with van der Waals surface area (Å²) >= 11 is 0. The van der Waals surface area contributed by atoms with Crippen LogP contribution in [-0.4, -0.2) is 18.8 Å². The molecule has 0 spiro atoms. The molecule has 3 rings (SSSR count). The molecular weight excluding hydrogens is 252 g/mol. The Labute approximate surface area is 120 Å². The maximum absolute atomic E-state index is 5.96. The molecule has 0 aromatic heterocycles. The first-order valence-electron chi connectivity index (χ1n) is 7.49. The van der Waals surface area contributed by atoms with Crippen molar-refractivity contribution in [1.29, 1.82) is 0 Å². The highest BCUT2D eigenvalue weighted by Crippen LogP contribution is 2.41. The van der Waals surface area contributed by atoms with Gasteiger partial charge in [-0.05, 0) is 37.0 Å². The fourth-order valence-electron chi connectivity index (χ4n) is 3.70. The van der Waals surface area contributed by atoms with Crippen LogP contribution in [0.25, 0.3) is 0 Å². The standard InChI is InChI=1S/C16H24N2O2/c1-9-10(2)20-11(3)15(9)16(18-17)13-4-5-14-12(8-13)6-7-19-14/h4-5,8-11,15-16,18H,6-7,17H2,1-3H3. The van der Waals surface area contributed by atoms with E-state index >= 15 is 0 Å². The van der Waals surface area contributed by atoms with E-state index in [2.05, 4.69) is 44.4 Å². The van der Waals surface area contributed by atoms with E-state index in [0.717, 1.165) is 18.8 Å². The van der Waals surface area contributed by atoms with Gasteiger partial charge in [0.2, 0.25) is 0 Å². The zero-order valence-electron chi connectivity index (χ0n) is 12.4. The number of nitrogens with two attached hydrogens (primary N) is 1. The molecular formula is C16H24N2O2. The van der Waals surface area contributed by atoms with Gasteiger partial charge in [-0.2, -0.15) is 0 Å². The van der Waals surface area contributed by atoms with Crippen LogP contribution in [0.1, 0.15) is 37.9 Å². The molecule has 4 heteroatoms. The summed E-state index contributed by atoms with van der Waals surface area (Å²) in [6.07, 6.45) is 1.48. The van der Waals surface area contributed by atoms with Crippen LogP contribution in [0.15, 0.2) is 18.2 Å². The zero-order chi connectivity index (χ0) is 14.3. The van der Waals surface area contributed by atoms with E-state index in [1.807, 2.05) is 0 Å². The van der Waals surface area contributed by atoms with E-state index < -0.39 is 0 Å². The molecule has 1 saturated heterocycles. The second-order valence-corrected chi connectivity index (χ2v) is 6.09. The fraction of sp³-hybridized carbons (Fsp3) is 0.625. The van der Waals surface area contributed by atoms with E-state index in [1.54, 1.807) is 0 Å². The summed E-state index contributed by atoms with van der Waals surface area (Å²) in [5.74, 6) is 7.74. The van der Waals surface area contributed by atoms with Crippen molar-refractivity contribution in [3.8, 4) is 5.75 Å². The van der Waals surface area contributed by atoms with Crippen molar-refractivity contribution in [2.75, 3.05) is 6.61 Å². The molecule has 4 nitrogen and oxygen atoms in total. The largest absolute Gasteiger partial charge is 0.493 e. The lowest BCUT2D eigenvalue weighted by molar-refractivity contribution is 0.0475. The lowest BCUT2D eigenvalue weighted by atomic mass is 9.80. The topological polar surface area (TPSA) is 56.5 Å². The third-order valence-electron chi connectivity index (χ3n) is 4.96. The van der Waals surface area contributed by atoms with Crippen molar-refractivity contribution in [2.24, 2.45) is 17.7 Å². The molecule has 3 N–H and O–H groups in total. The smallest absolute Gasteiger partial charge is 0.122 e. The summed E-state index contributed by atoms with van der Waals surface area (Å²) in [6, 6.07) is 6.54. The summed E-state index contributed by atoms with van der Waals surface area (Å²) in [6.45, 7) is 7.33. The summed E-state index contributed by atoms with van der Waals surface area (Å²) in [5, 5.41) is 0. The van der Waals surface area contributed by atoms with Gasteiger partial charge < -0.3 is 9.47 Å². The molecule has 1 aromatic carbocycles. The molecule has 5 unspecified atom stereocenters. The maximum atomic E-state index is 5.96. The van der Waals surface area contributed by atoms with Gasteiger partial charge >= 0.3 is 0 Å². The Balaban J connectivity index is 1.90. The average Bonchev–Trinajstić information content (AvgIpc) is 2.99. The van der Waals surface area contributed by atoms with Crippen molar-refractivity contribution in [3.63, 3.8) is 0 Å². The second-order valence-electron chi connectivity index (χ2n) is 6.09. The van der Waals surface area contributed by atoms with Gasteiger partial charge in [-0.3, -0.25) is 11.3 Å². The molecule has 5 atom stereocenters. The Morgan fingerprint density at radius 1 is 1.25 bits per heavy atom. The number of nitrogens with one attached hydrogen (secondary N) is 1. The molecule has 0 radical (unpaired) electrons. The van der Waals surface area contributed by atoms with E-state index in [0.29, 0.717) is 11.8 Å². The van der Waals surface area contributed by atoms with Crippen LogP contribution in [0.5, 0.6) is 5.75 Å². The van der Waals surface area contributed by atoms with Crippen molar-refractivity contribution < 1.29 is 9.47 Å². The van der Waals surface area contributed by atoms with Gasteiger partial charge in [-0.15, -0.1) is 0 Å². The van der Waals surface area contributed by atoms with Crippen molar-refractivity contribution in [2.45, 2.75) is 45.4 Å². The van der Waals surface area contributed by atoms with Crippen molar-refractivity contribution >= 4 is 0 Å². The molecule has 2 aliphatic rings. The first-order valence-corrected chi connectivity index (χ1v) is 7.49. The molecule has 2 heterocycles. The number of benzene rings is 1. The van der Waals surface area contributed by atoms with E-state index in [9.17, 15) is 0 Å². The van der Waals surface area contributed by atoms with Crippen LogP contribution in [0, 0.1) is 11.8 Å². The highest BCUT2D eigenvalue weighted by atomic mass is 16.5. The van der Waals surface area contributed by atoms with Crippen molar-refractivity contribution in [3.05, 3.63) is 29.3 Å². The quantitative estimate of drug-likeness (QED) is 0.656. The minimum atomic E-state index is 0.121. The van der Waals surface area contributed by atoms with E-state index in [4.69, 9.17) is 15.3 Å². The molecule has 20 heavy (non-hydrogen) atoms. The molecule has 0 amide bonds. The highest BCUT2D eigenvalue weighted by Gasteiger charge is 2.42. The van der Waals surface area contributed by atoms with Gasteiger partial charge in [-0.1, -0.05) is 19.1 Å². The lowest BCUT2D eigenvalue weighted by Gasteiger charge is -2.29. The molecule has 0 bridgehead atoms. The summed E-state index contributed by atoms with van der Waals surface area (Å²) < 4.78 is 11.5. The van der Waals surface area contributed by atoms with Crippen LogP contribution in [0.3, 0.4) is 0 Å². The van der Waals surface area contributed by atoms with E-state index in [-0.39, 0.29) is 18.2 Å². The zero-order valence-corrected chi connectivity index (χ0v) is 12.4. The van der Waals surface area contributed by atoms with Gasteiger partial charge in [0.15, 0.2) is 0 Å². The van der Waals surface area contributed by atoms with Gasteiger partial charge in [0.1, 0.15) is 5.75 Å². The average molecular weight is 276 g/mol. The number of rotatable bonds is 3. The fourth-order valence-corrected chi connectivity index (χ4v) is 3.70. The van der Waals surface area contributed by atoms with Crippen LogP contribution < -0.4 is 16.0 Å². The monoisotopic (exact) mass is 276 g/mol. The lowest BCUT2D eigenvalue weighted by Crippen LogP contribution is -2.38. The number of hydrogen-bond donors (Lipinski definition) is 2. The Morgan fingerprint density at radius 3 is 2.70 bits per heavy atom. The minimum Gasteiger partial charge on any atom is -0.493 e. The maximum Gasteiger partial charge on any atom is 0.122 e. The first-order chi connectivity index (χ1) is 9.61. The Bertz CT molecular complexity index is 491. The third-order valence-corrected chi connectivity index (χ3v) is 4.96. The second kappa shape index (κ2) is 5.35. The normalized spacial score (nSPS) is 33.8. The molecule has 2 aliphatic heterocycles. The molecule has 0 saturated carbocycles. The van der Waals surface area contributed by atoms with E-state index in [1.165, 1.54) is 11.1 Å². The van der Waals surface area contributed by atoms with Crippen LogP contribution in [0.2, 0.25) is 0 Å². The Morgan fingerprint density at radius 2 is 2.05 bits per heavy atom. The number of hydrazine groups is 1. The van der Waals surface area contributed by atoms with Gasteiger partial charge in [0.25, 0.3) is 0 Å². The van der Waals surface area contributed by atoms with Crippen LogP contribution in [0.4, 0.5) is 0 Å². The molecule has 1 fully saturated rings. The molecule has 1 aromatic rings. The predicted molar refractivity (Wildman–Crippen MR) is 78.4 cm³/mol. The van der Waals surface area contributed by atoms with Crippen LogP contribution in [-0.2, 0) is 11.2 Å². The number of ether oxygens (including phenoxy) is 2. The third kappa shape index (κ3) is 2.22. The molecule has 0 aliphatic carbocycles. The SMILES string of the molecule is CC1OC(C)C(C(NN)c2ccc3c(c2)CCO3)C1C. The minimum absolute atomic E-state index is 0.121. The summed E-state index contributed by atoms with van der Waals surface area (Å²) in [5.41, 5.74) is 5.53. The Hall–Kier alpha value is -1.10. The summed E-state index contributed by atoms with van der Waals surface area (Å²) in [7, 11) is 0. The number of fused-ring (bicyclic) bond motifs is 1. The molecule has 110 valence electrons. The van der Waals surface area contributed by atoms with Gasteiger partial charge in [0, 0.05) is 12.3 Å². The van der Waals surface area contributed by atoms with Gasteiger partial charge in [-0.25, -0.2) is 0 Å². The van der Waals surface area contributed by atoms with Crippen LogP contribution >= 0.6 is 0 Å². The Kier molecular flexibility index (Phi) is 3.71. The number of hydrogen-bond acceptors (Lipinski definition) is 4.